The van der Waals surface area contributed by atoms with Crippen molar-refractivity contribution < 1.29 is 19.1 Å². The number of carbonyl (C=O) groups excluding carboxylic acids is 3. The topological polar surface area (TPSA) is 90.3 Å². The molecule has 1 aromatic carbocycles. The molecule has 0 saturated heterocycles. The Morgan fingerprint density at radius 1 is 1.19 bits per heavy atom. The summed E-state index contributed by atoms with van der Waals surface area (Å²) in [7, 11) is 1.69. The van der Waals surface area contributed by atoms with Crippen LogP contribution >= 0.6 is 11.3 Å². The van der Waals surface area contributed by atoms with Crippen LogP contribution < -0.4 is 5.32 Å². The Bertz CT molecular complexity index is 989. The molecule has 0 fully saturated rings. The number of aromatic nitrogens is 2. The summed E-state index contributed by atoms with van der Waals surface area (Å²) in [5.41, 5.74) is 2.48. The maximum absolute atomic E-state index is 12.1. The molecular weight excluding hydrogens is 366 g/mol. The summed E-state index contributed by atoms with van der Waals surface area (Å²) in [4.78, 5) is 40.1. The molecule has 2 amide bonds. The number of amides is 2. The van der Waals surface area contributed by atoms with Crippen molar-refractivity contribution in [3.63, 3.8) is 0 Å². The molecule has 138 valence electrons. The first-order chi connectivity index (χ1) is 12.9. The van der Waals surface area contributed by atoms with E-state index in [4.69, 9.17) is 4.74 Å². The van der Waals surface area contributed by atoms with E-state index in [0.717, 1.165) is 11.1 Å². The summed E-state index contributed by atoms with van der Waals surface area (Å²) in [5, 5.41) is 4.43. The van der Waals surface area contributed by atoms with E-state index >= 15 is 0 Å². The fraction of sp³-hybridized carbons (Fsp3) is 0.158. The third-order valence-electron chi connectivity index (χ3n) is 3.78. The molecule has 0 unspecified atom stereocenters. The average Bonchev–Trinajstić information content (AvgIpc) is 3.29. The zero-order chi connectivity index (χ0) is 19.4. The summed E-state index contributed by atoms with van der Waals surface area (Å²) in [5.74, 6) is -1.98. The highest BCUT2D eigenvalue weighted by atomic mass is 32.1. The molecule has 0 bridgehead atoms. The molecular formula is C19H17N3O4S. The first kappa shape index (κ1) is 18.5. The Hall–Kier alpha value is -3.26. The second-order valence-corrected chi connectivity index (χ2v) is 6.72. The van der Waals surface area contributed by atoms with E-state index in [1.807, 2.05) is 31.2 Å². The van der Waals surface area contributed by atoms with Gasteiger partial charge in [0.05, 0.1) is 0 Å². The van der Waals surface area contributed by atoms with Crippen LogP contribution in [0.4, 0.5) is 0 Å². The number of ether oxygens (including phenoxy) is 1. The lowest BCUT2D eigenvalue weighted by Crippen LogP contribution is -2.35. The van der Waals surface area contributed by atoms with Crippen LogP contribution in [0, 0.1) is 6.92 Å². The lowest BCUT2D eigenvalue weighted by molar-refractivity contribution is -0.123. The van der Waals surface area contributed by atoms with E-state index in [1.54, 1.807) is 35.3 Å². The van der Waals surface area contributed by atoms with Crippen LogP contribution in [-0.4, -0.2) is 33.9 Å². The Morgan fingerprint density at radius 2 is 1.93 bits per heavy atom. The largest absolute Gasteiger partial charge is 0.451 e. The van der Waals surface area contributed by atoms with Crippen molar-refractivity contribution in [2.75, 3.05) is 6.61 Å². The average molecular weight is 383 g/mol. The fourth-order valence-corrected chi connectivity index (χ4v) is 3.12. The number of thiazole rings is 1. The van der Waals surface area contributed by atoms with Gasteiger partial charge in [-0.1, -0.05) is 29.8 Å². The van der Waals surface area contributed by atoms with E-state index < -0.39 is 24.4 Å². The second-order valence-electron chi connectivity index (χ2n) is 5.86. The molecule has 2 heterocycles. The van der Waals surface area contributed by atoms with Gasteiger partial charge in [0.1, 0.15) is 10.7 Å². The van der Waals surface area contributed by atoms with Crippen molar-refractivity contribution in [1.29, 1.82) is 0 Å². The molecule has 0 aliphatic rings. The number of nitrogens with zero attached hydrogens (tertiary/aromatic N) is 2. The van der Waals surface area contributed by atoms with Gasteiger partial charge in [-0.3, -0.25) is 14.9 Å². The van der Waals surface area contributed by atoms with Crippen LogP contribution in [0.25, 0.3) is 10.6 Å². The first-order valence-corrected chi connectivity index (χ1v) is 8.97. The molecule has 3 aromatic rings. The number of nitrogens with one attached hydrogen (secondary N) is 1. The molecule has 3 rings (SSSR count). The highest BCUT2D eigenvalue weighted by Gasteiger charge is 2.17. The summed E-state index contributed by atoms with van der Waals surface area (Å²) < 4.78 is 6.52. The monoisotopic (exact) mass is 383 g/mol. The van der Waals surface area contributed by atoms with Gasteiger partial charge in [-0.15, -0.1) is 11.3 Å². The molecule has 0 aliphatic heterocycles. The number of aryl methyl sites for hydroxylation is 2. The number of hydrogen-bond acceptors (Lipinski definition) is 6. The fourth-order valence-electron chi connectivity index (χ4n) is 2.33. The van der Waals surface area contributed by atoms with E-state index in [-0.39, 0.29) is 5.69 Å². The molecule has 0 saturated carbocycles. The Kier molecular flexibility index (Phi) is 5.46. The summed E-state index contributed by atoms with van der Waals surface area (Å²) >= 11 is 1.31. The summed E-state index contributed by atoms with van der Waals surface area (Å²) in [6.45, 7) is 1.42. The second kappa shape index (κ2) is 7.96. The standard InChI is InChI=1S/C19H17N3O4S/c1-12-5-7-13(8-6-12)18-20-14(11-27-18)19(25)26-10-16(23)21-17(24)15-4-3-9-22(15)2/h3-9,11H,10H2,1-2H3,(H,21,23,24). The zero-order valence-electron chi connectivity index (χ0n) is 14.8. The number of carbonyl (C=O) groups is 3. The van der Waals surface area contributed by atoms with Crippen LogP contribution in [-0.2, 0) is 16.6 Å². The predicted molar refractivity (Wildman–Crippen MR) is 100 cm³/mol. The van der Waals surface area contributed by atoms with Crippen molar-refractivity contribution in [2.24, 2.45) is 7.05 Å². The smallest absolute Gasteiger partial charge is 0.358 e. The lowest BCUT2D eigenvalue weighted by atomic mass is 10.2. The minimum absolute atomic E-state index is 0.122. The van der Waals surface area contributed by atoms with E-state index in [0.29, 0.717) is 10.7 Å². The minimum Gasteiger partial charge on any atom is -0.451 e. The van der Waals surface area contributed by atoms with Gasteiger partial charge in [-0.05, 0) is 19.1 Å². The Balaban J connectivity index is 1.55. The first-order valence-electron chi connectivity index (χ1n) is 8.09. The number of benzene rings is 1. The van der Waals surface area contributed by atoms with Gasteiger partial charge in [-0.2, -0.15) is 0 Å². The van der Waals surface area contributed by atoms with Crippen molar-refractivity contribution in [3.8, 4) is 10.6 Å². The third-order valence-corrected chi connectivity index (χ3v) is 4.67. The van der Waals surface area contributed by atoms with Crippen LogP contribution in [0.1, 0.15) is 26.5 Å². The molecule has 27 heavy (non-hydrogen) atoms. The maximum atomic E-state index is 12.1. The molecule has 0 spiro atoms. The van der Waals surface area contributed by atoms with Gasteiger partial charge < -0.3 is 9.30 Å². The van der Waals surface area contributed by atoms with Gasteiger partial charge in [-0.25, -0.2) is 9.78 Å². The molecule has 2 aromatic heterocycles. The Morgan fingerprint density at radius 3 is 2.59 bits per heavy atom. The number of esters is 1. The molecule has 1 N–H and O–H groups in total. The van der Waals surface area contributed by atoms with E-state index in [9.17, 15) is 14.4 Å². The van der Waals surface area contributed by atoms with Crippen LogP contribution in [0.15, 0.2) is 48.0 Å². The van der Waals surface area contributed by atoms with E-state index in [2.05, 4.69) is 10.3 Å². The molecule has 0 radical (unpaired) electrons. The highest BCUT2D eigenvalue weighted by molar-refractivity contribution is 7.13. The number of hydrogen-bond donors (Lipinski definition) is 1. The highest BCUT2D eigenvalue weighted by Crippen LogP contribution is 2.24. The van der Waals surface area contributed by atoms with Crippen LogP contribution in [0.2, 0.25) is 0 Å². The SMILES string of the molecule is Cc1ccc(-c2nc(C(=O)OCC(=O)NC(=O)c3cccn3C)cs2)cc1. The predicted octanol–water partition coefficient (Wildman–Crippen LogP) is 2.57. The Labute approximate surface area is 159 Å². The van der Waals surface area contributed by atoms with Crippen LogP contribution in [0.3, 0.4) is 0 Å². The minimum atomic E-state index is -0.717. The maximum Gasteiger partial charge on any atom is 0.358 e. The van der Waals surface area contributed by atoms with Crippen molar-refractivity contribution in [3.05, 3.63) is 64.9 Å². The van der Waals surface area contributed by atoms with Gasteiger partial charge in [0.15, 0.2) is 12.3 Å². The quantitative estimate of drug-likeness (QED) is 0.684. The molecule has 8 heteroatoms. The summed E-state index contributed by atoms with van der Waals surface area (Å²) in [6, 6.07) is 11.0. The van der Waals surface area contributed by atoms with Gasteiger partial charge in [0.25, 0.3) is 11.8 Å². The lowest BCUT2D eigenvalue weighted by Gasteiger charge is -2.05. The summed E-state index contributed by atoms with van der Waals surface area (Å²) in [6.07, 6.45) is 1.69. The van der Waals surface area contributed by atoms with Gasteiger partial charge in [0.2, 0.25) is 0 Å². The van der Waals surface area contributed by atoms with Crippen molar-refractivity contribution in [1.82, 2.24) is 14.9 Å². The third kappa shape index (κ3) is 4.48. The number of imide groups is 1. The van der Waals surface area contributed by atoms with Gasteiger partial charge in [0, 0.05) is 24.2 Å². The van der Waals surface area contributed by atoms with Crippen molar-refractivity contribution in [2.45, 2.75) is 6.92 Å². The van der Waals surface area contributed by atoms with Crippen molar-refractivity contribution >= 4 is 29.1 Å². The van der Waals surface area contributed by atoms with Gasteiger partial charge >= 0.3 is 5.97 Å². The van der Waals surface area contributed by atoms with E-state index in [1.165, 1.54) is 11.3 Å². The van der Waals surface area contributed by atoms with Crippen LogP contribution in [0.5, 0.6) is 0 Å². The number of rotatable bonds is 5. The molecule has 0 atom stereocenters. The normalized spacial score (nSPS) is 10.4. The zero-order valence-corrected chi connectivity index (χ0v) is 15.6. The molecule has 0 aliphatic carbocycles. The molecule has 7 nitrogen and oxygen atoms in total.